The van der Waals surface area contributed by atoms with Crippen LogP contribution in [0.5, 0.6) is 0 Å². The molecule has 0 fully saturated rings. The van der Waals surface area contributed by atoms with Crippen molar-refractivity contribution in [3.8, 4) is 0 Å². The van der Waals surface area contributed by atoms with Crippen molar-refractivity contribution in [3.05, 3.63) is 61.7 Å². The highest BCUT2D eigenvalue weighted by Gasteiger charge is 2.19. The van der Waals surface area contributed by atoms with E-state index in [2.05, 4.69) is 34.7 Å². The zero-order valence-electron chi connectivity index (χ0n) is 16.4. The summed E-state index contributed by atoms with van der Waals surface area (Å²) in [5, 5.41) is 16.8. The van der Waals surface area contributed by atoms with Gasteiger partial charge in [-0.25, -0.2) is 0 Å². The average Bonchev–Trinajstić information content (AvgIpc) is 3.38. The van der Waals surface area contributed by atoms with E-state index in [1.54, 1.807) is 35.6 Å². The number of nitrogens with zero attached hydrogens (tertiary/aromatic N) is 2. The quantitative estimate of drug-likeness (QED) is 0.485. The molecule has 0 aliphatic heterocycles. The van der Waals surface area contributed by atoms with E-state index >= 15 is 0 Å². The molecule has 0 bridgehead atoms. The first-order valence-electron chi connectivity index (χ1n) is 9.22. The Morgan fingerprint density at radius 3 is 2.73 bits per heavy atom. The summed E-state index contributed by atoms with van der Waals surface area (Å²) in [5.41, 5.74) is 0.572. The number of ether oxygens (including phenoxy) is 1. The van der Waals surface area contributed by atoms with E-state index in [0.29, 0.717) is 15.7 Å². The molecule has 30 heavy (non-hydrogen) atoms. The average molecular weight is 465 g/mol. The number of benzene rings is 1. The second kappa shape index (κ2) is 10.6. The Kier molecular flexibility index (Phi) is 7.92. The van der Waals surface area contributed by atoms with Crippen LogP contribution in [0.1, 0.15) is 39.6 Å². The van der Waals surface area contributed by atoms with Crippen LogP contribution >= 0.6 is 34.3 Å². The van der Waals surface area contributed by atoms with Crippen LogP contribution in [0.15, 0.2) is 41.8 Å². The van der Waals surface area contributed by atoms with Crippen molar-refractivity contribution in [2.24, 2.45) is 5.92 Å². The maximum Gasteiger partial charge on any atom is 0.286 e. The predicted molar refractivity (Wildman–Crippen MR) is 119 cm³/mol. The van der Waals surface area contributed by atoms with E-state index in [9.17, 15) is 9.59 Å². The van der Waals surface area contributed by atoms with E-state index in [1.165, 1.54) is 0 Å². The highest BCUT2D eigenvalue weighted by molar-refractivity contribution is 7.13. The van der Waals surface area contributed by atoms with Crippen molar-refractivity contribution in [2.45, 2.75) is 26.5 Å². The van der Waals surface area contributed by atoms with Crippen LogP contribution in [0.3, 0.4) is 0 Å². The van der Waals surface area contributed by atoms with Crippen molar-refractivity contribution >= 4 is 51.8 Å². The van der Waals surface area contributed by atoms with Gasteiger partial charge in [0.05, 0.1) is 6.04 Å². The van der Waals surface area contributed by atoms with Crippen LogP contribution in [-0.4, -0.2) is 28.6 Å². The third-order valence-corrected chi connectivity index (χ3v) is 6.12. The Morgan fingerprint density at radius 1 is 1.20 bits per heavy atom. The zero-order chi connectivity index (χ0) is 21.5. The predicted octanol–water partition coefficient (Wildman–Crippen LogP) is 4.54. The number of hydrogen-bond donors (Lipinski definition) is 2. The monoisotopic (exact) mass is 464 g/mol. The molecule has 3 aromatic rings. The number of aromatic nitrogens is 2. The molecule has 0 aliphatic carbocycles. The number of hydrogen-bond acceptors (Lipinski definition) is 7. The summed E-state index contributed by atoms with van der Waals surface area (Å²) in [4.78, 5) is 25.6. The summed E-state index contributed by atoms with van der Waals surface area (Å²) in [6.45, 7) is 4.12. The van der Waals surface area contributed by atoms with Gasteiger partial charge < -0.3 is 15.4 Å². The number of anilines is 1. The summed E-state index contributed by atoms with van der Waals surface area (Å²) < 4.78 is 5.46. The van der Waals surface area contributed by atoms with Gasteiger partial charge in [0.15, 0.2) is 0 Å². The molecule has 2 amide bonds. The molecular weight excluding hydrogens is 444 g/mol. The van der Waals surface area contributed by atoms with Gasteiger partial charge in [0.25, 0.3) is 5.91 Å². The molecule has 1 aromatic carbocycles. The summed E-state index contributed by atoms with van der Waals surface area (Å²) in [7, 11) is 0. The zero-order valence-corrected chi connectivity index (χ0v) is 18.8. The summed E-state index contributed by atoms with van der Waals surface area (Å²) in [6, 6.07) is 10.8. The SMILES string of the molecule is CC(C)C(NC(=O)COCc1nnc(C(=O)Nc2cccc(Cl)c2)s1)c1cccs1. The van der Waals surface area contributed by atoms with Gasteiger partial charge in [0, 0.05) is 15.6 Å². The molecule has 2 N–H and O–H groups in total. The topological polar surface area (TPSA) is 93.2 Å². The number of nitrogens with one attached hydrogen (secondary N) is 2. The van der Waals surface area contributed by atoms with Crippen LogP contribution < -0.4 is 10.6 Å². The fraction of sp³-hybridized carbons (Fsp3) is 0.300. The second-order valence-corrected chi connectivity index (χ2v) is 9.24. The molecule has 0 saturated heterocycles. The van der Waals surface area contributed by atoms with Crippen LogP contribution in [0.4, 0.5) is 5.69 Å². The Balaban J connectivity index is 1.47. The van der Waals surface area contributed by atoms with Crippen molar-refractivity contribution in [1.82, 2.24) is 15.5 Å². The molecule has 7 nitrogen and oxygen atoms in total. The lowest BCUT2D eigenvalue weighted by molar-refractivity contribution is -0.127. The van der Waals surface area contributed by atoms with Crippen molar-refractivity contribution in [3.63, 3.8) is 0 Å². The van der Waals surface area contributed by atoms with Crippen LogP contribution in [0.25, 0.3) is 0 Å². The van der Waals surface area contributed by atoms with Gasteiger partial charge >= 0.3 is 0 Å². The maximum atomic E-state index is 12.3. The number of halogens is 1. The van der Waals surface area contributed by atoms with E-state index in [1.807, 2.05) is 17.5 Å². The van der Waals surface area contributed by atoms with Crippen LogP contribution in [-0.2, 0) is 16.1 Å². The van der Waals surface area contributed by atoms with Crippen LogP contribution in [0, 0.1) is 5.92 Å². The molecule has 2 heterocycles. The molecule has 0 radical (unpaired) electrons. The minimum Gasteiger partial charge on any atom is -0.364 e. The Labute approximate surface area is 187 Å². The van der Waals surface area contributed by atoms with Crippen molar-refractivity contribution in [2.75, 3.05) is 11.9 Å². The lowest BCUT2D eigenvalue weighted by atomic mass is 10.0. The van der Waals surface area contributed by atoms with Gasteiger partial charge in [0.1, 0.15) is 18.2 Å². The molecular formula is C20H21ClN4O3S2. The fourth-order valence-electron chi connectivity index (χ4n) is 2.64. The normalized spacial score (nSPS) is 12.0. The first-order valence-corrected chi connectivity index (χ1v) is 11.3. The molecule has 0 spiro atoms. The van der Waals surface area contributed by atoms with Gasteiger partial charge in [-0.2, -0.15) is 0 Å². The smallest absolute Gasteiger partial charge is 0.286 e. The minimum absolute atomic E-state index is 0.0515. The van der Waals surface area contributed by atoms with Gasteiger partial charge in [-0.15, -0.1) is 21.5 Å². The lowest BCUT2D eigenvalue weighted by Gasteiger charge is -2.21. The number of rotatable bonds is 9. The molecule has 2 aromatic heterocycles. The Bertz CT molecular complexity index is 992. The molecule has 158 valence electrons. The van der Waals surface area contributed by atoms with E-state index in [-0.39, 0.29) is 42.0 Å². The Hall–Kier alpha value is -2.33. The number of carbonyl (C=O) groups excluding carboxylic acids is 2. The standard InChI is InChI=1S/C20H21ClN4O3S2/c1-12(2)18(15-7-4-8-29-15)23-16(26)10-28-11-17-24-25-20(30-17)19(27)22-14-6-3-5-13(21)9-14/h3-9,12,18H,10-11H2,1-2H3,(H,22,27)(H,23,26). The third kappa shape index (κ3) is 6.33. The van der Waals surface area contributed by atoms with Gasteiger partial charge in [0.2, 0.25) is 10.9 Å². The van der Waals surface area contributed by atoms with E-state index < -0.39 is 0 Å². The summed E-state index contributed by atoms with van der Waals surface area (Å²) >= 11 is 8.64. The number of thiophene rings is 1. The second-order valence-electron chi connectivity index (χ2n) is 6.76. The Morgan fingerprint density at radius 2 is 2.03 bits per heavy atom. The number of carbonyl (C=O) groups is 2. The maximum absolute atomic E-state index is 12.3. The molecule has 1 unspecified atom stereocenters. The van der Waals surface area contributed by atoms with E-state index in [0.717, 1.165) is 16.2 Å². The van der Waals surface area contributed by atoms with Crippen LogP contribution in [0.2, 0.25) is 5.02 Å². The van der Waals surface area contributed by atoms with Crippen molar-refractivity contribution in [1.29, 1.82) is 0 Å². The third-order valence-electron chi connectivity index (χ3n) is 4.04. The minimum atomic E-state index is -0.380. The number of amides is 2. The highest BCUT2D eigenvalue weighted by atomic mass is 35.5. The summed E-state index contributed by atoms with van der Waals surface area (Å²) in [5.74, 6) is -0.323. The molecule has 10 heteroatoms. The largest absolute Gasteiger partial charge is 0.364 e. The summed E-state index contributed by atoms with van der Waals surface area (Å²) in [6.07, 6.45) is 0. The molecule has 1 atom stereocenters. The lowest BCUT2D eigenvalue weighted by Crippen LogP contribution is -2.33. The molecule has 3 rings (SSSR count). The molecule has 0 aliphatic rings. The van der Waals surface area contributed by atoms with Crippen molar-refractivity contribution < 1.29 is 14.3 Å². The van der Waals surface area contributed by atoms with E-state index in [4.69, 9.17) is 16.3 Å². The van der Waals surface area contributed by atoms with Gasteiger partial charge in [-0.3, -0.25) is 9.59 Å². The highest BCUT2D eigenvalue weighted by Crippen LogP contribution is 2.25. The fourth-order valence-corrected chi connectivity index (χ4v) is 4.45. The molecule has 0 saturated carbocycles. The van der Waals surface area contributed by atoms with Gasteiger partial charge in [-0.1, -0.05) is 48.9 Å². The first-order chi connectivity index (χ1) is 14.4. The van der Waals surface area contributed by atoms with Gasteiger partial charge in [-0.05, 0) is 35.6 Å². The first kappa shape index (κ1) is 22.4.